The van der Waals surface area contributed by atoms with Crippen LogP contribution in [0.5, 0.6) is 0 Å². The summed E-state index contributed by atoms with van der Waals surface area (Å²) >= 11 is 0. The second-order valence-corrected chi connectivity index (χ2v) is 5.76. The van der Waals surface area contributed by atoms with Crippen LogP contribution in [0.3, 0.4) is 0 Å². The Balaban J connectivity index is 1.72. The maximum Gasteiger partial charge on any atom is 0.254 e. The minimum atomic E-state index is -0.994. The number of hydrogen-bond acceptors (Lipinski definition) is 2. The van der Waals surface area contributed by atoms with Crippen LogP contribution < -0.4 is 4.90 Å². The van der Waals surface area contributed by atoms with E-state index in [1.807, 2.05) is 30.3 Å². The Bertz CT molecular complexity index is 705. The Hall–Kier alpha value is -2.43. The third-order valence-corrected chi connectivity index (χ3v) is 4.17. The Morgan fingerprint density at radius 1 is 1.04 bits per heavy atom. The summed E-state index contributed by atoms with van der Waals surface area (Å²) < 4.78 is 26.3. The number of para-hydroxylation sites is 1. The zero-order valence-corrected chi connectivity index (χ0v) is 12.9. The Morgan fingerprint density at radius 2 is 1.78 bits per heavy atom. The number of carbonyl (C=O) groups is 1. The molecular weight excluding hydrogens is 298 g/mol. The van der Waals surface area contributed by atoms with Crippen molar-refractivity contribution >= 4 is 11.6 Å². The summed E-state index contributed by atoms with van der Waals surface area (Å²) in [7, 11) is 0. The largest absolute Gasteiger partial charge is 0.365 e. The van der Waals surface area contributed by atoms with E-state index in [-0.39, 0.29) is 17.5 Å². The summed E-state index contributed by atoms with van der Waals surface area (Å²) in [5.74, 6) is -2.20. The average molecular weight is 316 g/mol. The molecule has 5 heteroatoms. The lowest BCUT2D eigenvalue weighted by atomic mass is 10.1. The van der Waals surface area contributed by atoms with Crippen LogP contribution in [0, 0.1) is 11.6 Å². The smallest absolute Gasteiger partial charge is 0.254 e. The monoisotopic (exact) mass is 316 g/mol. The molecule has 0 bridgehead atoms. The molecule has 1 aliphatic heterocycles. The van der Waals surface area contributed by atoms with E-state index in [9.17, 15) is 13.6 Å². The van der Waals surface area contributed by atoms with Crippen molar-refractivity contribution in [3.05, 3.63) is 65.7 Å². The van der Waals surface area contributed by atoms with Crippen molar-refractivity contribution in [1.82, 2.24) is 4.90 Å². The van der Waals surface area contributed by atoms with Crippen LogP contribution in [0.4, 0.5) is 14.5 Å². The molecule has 0 spiro atoms. The van der Waals surface area contributed by atoms with Crippen molar-refractivity contribution in [3.63, 3.8) is 0 Å². The molecule has 1 unspecified atom stereocenters. The lowest BCUT2D eigenvalue weighted by molar-refractivity contribution is 0.0726. The molecule has 1 fully saturated rings. The molecule has 1 saturated heterocycles. The minimum absolute atomic E-state index is 0.153. The number of carbonyl (C=O) groups excluding carboxylic acids is 1. The van der Waals surface area contributed by atoms with Gasteiger partial charge < -0.3 is 9.80 Å². The first-order chi connectivity index (χ1) is 11.1. The number of nitrogens with zero attached hydrogens (tertiary/aromatic N) is 2. The SMILES string of the molecule is CC1CN(C(=O)c2ccc(F)c(F)c2)CCN1c1ccccc1. The molecule has 0 saturated carbocycles. The van der Waals surface area contributed by atoms with E-state index in [1.54, 1.807) is 4.90 Å². The van der Waals surface area contributed by atoms with Gasteiger partial charge in [-0.05, 0) is 37.3 Å². The number of piperazine rings is 1. The molecule has 2 aromatic carbocycles. The molecule has 0 aromatic heterocycles. The Kier molecular flexibility index (Phi) is 4.28. The Labute approximate surface area is 134 Å². The summed E-state index contributed by atoms with van der Waals surface area (Å²) in [4.78, 5) is 16.4. The maximum absolute atomic E-state index is 13.3. The van der Waals surface area contributed by atoms with Gasteiger partial charge >= 0.3 is 0 Å². The van der Waals surface area contributed by atoms with E-state index in [0.717, 1.165) is 17.8 Å². The molecular formula is C18H18F2N2O. The molecule has 0 radical (unpaired) electrons. The number of hydrogen-bond donors (Lipinski definition) is 0. The highest BCUT2D eigenvalue weighted by molar-refractivity contribution is 5.94. The molecule has 1 atom stereocenters. The number of amides is 1. The van der Waals surface area contributed by atoms with Crippen molar-refractivity contribution < 1.29 is 13.6 Å². The molecule has 3 rings (SSSR count). The summed E-state index contributed by atoms with van der Waals surface area (Å²) in [6, 6.07) is 13.5. The van der Waals surface area contributed by atoms with Gasteiger partial charge in [-0.3, -0.25) is 4.79 Å². The zero-order chi connectivity index (χ0) is 16.4. The van der Waals surface area contributed by atoms with Crippen LogP contribution >= 0.6 is 0 Å². The van der Waals surface area contributed by atoms with E-state index < -0.39 is 11.6 Å². The van der Waals surface area contributed by atoms with Crippen LogP contribution in [-0.2, 0) is 0 Å². The second-order valence-electron chi connectivity index (χ2n) is 5.76. The van der Waals surface area contributed by atoms with E-state index in [1.165, 1.54) is 6.07 Å². The van der Waals surface area contributed by atoms with Crippen molar-refractivity contribution in [2.24, 2.45) is 0 Å². The molecule has 1 amide bonds. The minimum Gasteiger partial charge on any atom is -0.365 e. The summed E-state index contributed by atoms with van der Waals surface area (Å²) in [5, 5.41) is 0. The lowest BCUT2D eigenvalue weighted by Gasteiger charge is -2.41. The summed E-state index contributed by atoms with van der Waals surface area (Å²) in [6.07, 6.45) is 0. The van der Waals surface area contributed by atoms with Gasteiger partial charge in [-0.15, -0.1) is 0 Å². The molecule has 0 aliphatic carbocycles. The number of halogens is 2. The number of rotatable bonds is 2. The number of benzene rings is 2. The van der Waals surface area contributed by atoms with Gasteiger partial charge in [0, 0.05) is 36.9 Å². The fourth-order valence-electron chi connectivity index (χ4n) is 2.96. The molecule has 0 N–H and O–H groups in total. The number of anilines is 1. The predicted octanol–water partition coefficient (Wildman–Crippen LogP) is 3.32. The standard InChI is InChI=1S/C18H18F2N2O/c1-13-12-21(9-10-22(13)15-5-3-2-4-6-15)18(23)14-7-8-16(19)17(20)11-14/h2-8,11,13H,9-10,12H2,1H3. The van der Waals surface area contributed by atoms with Crippen LogP contribution in [0.15, 0.2) is 48.5 Å². The van der Waals surface area contributed by atoms with Crippen LogP contribution in [-0.4, -0.2) is 36.5 Å². The van der Waals surface area contributed by atoms with E-state index in [0.29, 0.717) is 19.6 Å². The normalized spacial score (nSPS) is 18.1. The van der Waals surface area contributed by atoms with Gasteiger partial charge in [-0.1, -0.05) is 18.2 Å². The lowest BCUT2D eigenvalue weighted by Crippen LogP contribution is -2.53. The zero-order valence-electron chi connectivity index (χ0n) is 12.9. The van der Waals surface area contributed by atoms with Crippen molar-refractivity contribution in [2.75, 3.05) is 24.5 Å². The fraction of sp³-hybridized carbons (Fsp3) is 0.278. The molecule has 1 aliphatic rings. The first-order valence-corrected chi connectivity index (χ1v) is 7.62. The fourth-order valence-corrected chi connectivity index (χ4v) is 2.96. The second kappa shape index (κ2) is 6.36. The highest BCUT2D eigenvalue weighted by Gasteiger charge is 2.27. The highest BCUT2D eigenvalue weighted by atomic mass is 19.2. The average Bonchev–Trinajstić information content (AvgIpc) is 2.57. The molecule has 23 heavy (non-hydrogen) atoms. The van der Waals surface area contributed by atoms with Gasteiger partial charge in [0.25, 0.3) is 5.91 Å². The first kappa shape index (κ1) is 15.5. The predicted molar refractivity (Wildman–Crippen MR) is 85.5 cm³/mol. The third kappa shape index (κ3) is 3.18. The van der Waals surface area contributed by atoms with E-state index in [2.05, 4.69) is 11.8 Å². The summed E-state index contributed by atoms with van der Waals surface area (Å²) in [6.45, 7) is 3.86. The molecule has 2 aromatic rings. The highest BCUT2D eigenvalue weighted by Crippen LogP contribution is 2.21. The Morgan fingerprint density at radius 3 is 2.43 bits per heavy atom. The van der Waals surface area contributed by atoms with E-state index in [4.69, 9.17) is 0 Å². The van der Waals surface area contributed by atoms with Gasteiger partial charge in [0.15, 0.2) is 11.6 Å². The van der Waals surface area contributed by atoms with Gasteiger partial charge in [0.2, 0.25) is 0 Å². The van der Waals surface area contributed by atoms with Crippen molar-refractivity contribution in [3.8, 4) is 0 Å². The molecule has 1 heterocycles. The van der Waals surface area contributed by atoms with Crippen LogP contribution in [0.2, 0.25) is 0 Å². The third-order valence-electron chi connectivity index (χ3n) is 4.17. The topological polar surface area (TPSA) is 23.6 Å². The van der Waals surface area contributed by atoms with Crippen LogP contribution in [0.1, 0.15) is 17.3 Å². The molecule has 3 nitrogen and oxygen atoms in total. The first-order valence-electron chi connectivity index (χ1n) is 7.62. The quantitative estimate of drug-likeness (QED) is 0.848. The summed E-state index contributed by atoms with van der Waals surface area (Å²) in [5.41, 5.74) is 1.31. The maximum atomic E-state index is 13.3. The van der Waals surface area contributed by atoms with Crippen molar-refractivity contribution in [2.45, 2.75) is 13.0 Å². The van der Waals surface area contributed by atoms with Crippen LogP contribution in [0.25, 0.3) is 0 Å². The van der Waals surface area contributed by atoms with Gasteiger partial charge in [0.05, 0.1) is 0 Å². The molecule has 120 valence electrons. The van der Waals surface area contributed by atoms with Crippen molar-refractivity contribution in [1.29, 1.82) is 0 Å². The van der Waals surface area contributed by atoms with Gasteiger partial charge in [0.1, 0.15) is 0 Å². The van der Waals surface area contributed by atoms with Gasteiger partial charge in [-0.25, -0.2) is 8.78 Å². The van der Waals surface area contributed by atoms with E-state index >= 15 is 0 Å². The van der Waals surface area contributed by atoms with Gasteiger partial charge in [-0.2, -0.15) is 0 Å².